The highest BCUT2D eigenvalue weighted by molar-refractivity contribution is 7.26. The highest BCUT2D eigenvalue weighted by atomic mass is 32.1. The number of ether oxygens (including phenoxy) is 2. The number of pyridine rings is 1. The van der Waals surface area contributed by atoms with Gasteiger partial charge in [-0.15, -0.1) is 16.4 Å². The molecule has 1 aliphatic rings. The highest BCUT2D eigenvalue weighted by Gasteiger charge is 2.30. The molecule has 1 fully saturated rings. The van der Waals surface area contributed by atoms with Gasteiger partial charge in [0.15, 0.2) is 23.0 Å². The Morgan fingerprint density at radius 1 is 1.03 bits per heavy atom. The molecule has 0 aliphatic carbocycles. The summed E-state index contributed by atoms with van der Waals surface area (Å²) in [5, 5.41) is 5.83. The second kappa shape index (κ2) is 7.62. The summed E-state index contributed by atoms with van der Waals surface area (Å²) in [7, 11) is 3.28. The number of nitrogens with zero attached hydrogens (tertiary/aromatic N) is 5. The van der Waals surface area contributed by atoms with Crippen molar-refractivity contribution in [2.75, 3.05) is 14.2 Å². The van der Waals surface area contributed by atoms with Gasteiger partial charge in [-0.05, 0) is 49.6 Å². The van der Waals surface area contributed by atoms with Crippen LogP contribution >= 0.6 is 11.3 Å². The summed E-state index contributed by atoms with van der Waals surface area (Å²) >= 11 is 1.62. The van der Waals surface area contributed by atoms with Gasteiger partial charge in [-0.1, -0.05) is 6.07 Å². The van der Waals surface area contributed by atoms with Crippen LogP contribution in [0.3, 0.4) is 0 Å². The first-order chi connectivity index (χ1) is 16.1. The van der Waals surface area contributed by atoms with Crippen LogP contribution in [0.2, 0.25) is 0 Å². The number of fused-ring (bicyclic) bond motifs is 5. The summed E-state index contributed by atoms with van der Waals surface area (Å²) in [6, 6.07) is 8.13. The third-order valence-corrected chi connectivity index (χ3v) is 7.20. The number of nitrogens with one attached hydrogen (secondary N) is 2. The lowest BCUT2D eigenvalue weighted by molar-refractivity contribution is 0.354. The van der Waals surface area contributed by atoms with Crippen LogP contribution in [-0.4, -0.2) is 38.8 Å². The van der Waals surface area contributed by atoms with E-state index >= 15 is 0 Å². The second-order valence-electron chi connectivity index (χ2n) is 8.27. The Balaban J connectivity index is 1.35. The fourth-order valence-corrected chi connectivity index (χ4v) is 5.77. The van der Waals surface area contributed by atoms with E-state index in [1.54, 1.807) is 36.4 Å². The maximum absolute atomic E-state index is 5.46. The standard InChI is InChI=1S/C23H23N7O2S/c1-11-7-12(2)25-23-18(11)19-20(33-23)22-26-21(29-30(22)10-24-19)15-9-14(27-28-15)13-5-6-16(31-3)17(8-13)32-4/h5-8,10,14-15,27-28H,9H2,1-4H3. The molecule has 1 aromatic carbocycles. The molecule has 10 heteroatoms. The lowest BCUT2D eigenvalue weighted by Gasteiger charge is -2.13. The fourth-order valence-electron chi connectivity index (χ4n) is 4.55. The van der Waals surface area contributed by atoms with Gasteiger partial charge in [0, 0.05) is 17.1 Å². The molecule has 2 unspecified atom stereocenters. The first-order valence-corrected chi connectivity index (χ1v) is 11.5. The maximum Gasteiger partial charge on any atom is 0.176 e. The van der Waals surface area contributed by atoms with Crippen molar-refractivity contribution in [3.63, 3.8) is 0 Å². The number of aromatic nitrogens is 5. The molecule has 33 heavy (non-hydrogen) atoms. The minimum atomic E-state index is -0.0328. The zero-order valence-corrected chi connectivity index (χ0v) is 19.5. The van der Waals surface area contributed by atoms with Gasteiger partial charge in [0.1, 0.15) is 15.9 Å². The van der Waals surface area contributed by atoms with Crippen LogP contribution in [0.4, 0.5) is 0 Å². The predicted molar refractivity (Wildman–Crippen MR) is 127 cm³/mol. The molecule has 0 radical (unpaired) electrons. The molecule has 4 aromatic heterocycles. The lowest BCUT2D eigenvalue weighted by Crippen LogP contribution is -2.27. The number of thiophene rings is 1. The zero-order chi connectivity index (χ0) is 22.7. The summed E-state index contributed by atoms with van der Waals surface area (Å²) in [5.41, 5.74) is 11.8. The third kappa shape index (κ3) is 3.21. The van der Waals surface area contributed by atoms with Crippen molar-refractivity contribution >= 4 is 37.4 Å². The number of hydrogen-bond donors (Lipinski definition) is 2. The van der Waals surface area contributed by atoms with Gasteiger partial charge in [0.25, 0.3) is 0 Å². The maximum atomic E-state index is 5.46. The van der Waals surface area contributed by atoms with E-state index in [1.807, 2.05) is 25.1 Å². The van der Waals surface area contributed by atoms with Crippen molar-refractivity contribution in [2.45, 2.75) is 32.4 Å². The van der Waals surface area contributed by atoms with Gasteiger partial charge in [-0.3, -0.25) is 0 Å². The van der Waals surface area contributed by atoms with Crippen LogP contribution in [0.25, 0.3) is 26.1 Å². The molecule has 5 aromatic rings. The number of hydrogen-bond acceptors (Lipinski definition) is 9. The van der Waals surface area contributed by atoms with Crippen LogP contribution in [0, 0.1) is 13.8 Å². The molecule has 2 atom stereocenters. The predicted octanol–water partition coefficient (Wildman–Crippen LogP) is 3.80. The highest BCUT2D eigenvalue weighted by Crippen LogP contribution is 2.37. The van der Waals surface area contributed by atoms with Gasteiger partial charge in [0.05, 0.1) is 25.8 Å². The van der Waals surface area contributed by atoms with Crippen LogP contribution in [0.15, 0.2) is 30.6 Å². The Morgan fingerprint density at radius 2 is 1.85 bits per heavy atom. The smallest absolute Gasteiger partial charge is 0.176 e. The van der Waals surface area contributed by atoms with Crippen molar-refractivity contribution in [3.8, 4) is 11.5 Å². The zero-order valence-electron chi connectivity index (χ0n) is 18.7. The Labute approximate surface area is 193 Å². The van der Waals surface area contributed by atoms with Crippen LogP contribution < -0.4 is 20.3 Å². The molecule has 1 aliphatic heterocycles. The molecule has 0 bridgehead atoms. The van der Waals surface area contributed by atoms with Gasteiger partial charge >= 0.3 is 0 Å². The molecule has 5 heterocycles. The van der Waals surface area contributed by atoms with E-state index < -0.39 is 0 Å². The van der Waals surface area contributed by atoms with Gasteiger partial charge < -0.3 is 9.47 Å². The molecule has 0 spiro atoms. The molecule has 168 valence electrons. The average Bonchev–Trinajstić information content (AvgIpc) is 3.53. The molecular formula is C23H23N7O2S. The van der Waals surface area contributed by atoms with Gasteiger partial charge in [-0.2, -0.15) is 0 Å². The summed E-state index contributed by atoms with van der Waals surface area (Å²) in [6.45, 7) is 4.12. The Hall–Kier alpha value is -3.34. The molecule has 0 saturated carbocycles. The van der Waals surface area contributed by atoms with Crippen molar-refractivity contribution in [3.05, 3.63) is 53.2 Å². The van der Waals surface area contributed by atoms with Crippen molar-refractivity contribution in [1.29, 1.82) is 0 Å². The molecule has 0 amide bonds. The molecular weight excluding hydrogens is 438 g/mol. The normalized spacial score (nSPS) is 18.5. The van der Waals surface area contributed by atoms with Crippen molar-refractivity contribution in [1.82, 2.24) is 35.4 Å². The molecule has 6 rings (SSSR count). The topological polar surface area (TPSA) is 98.5 Å². The second-order valence-corrected chi connectivity index (χ2v) is 9.27. The fraction of sp³-hybridized carbons (Fsp3) is 0.304. The van der Waals surface area contributed by atoms with Gasteiger partial charge in [-0.25, -0.2) is 30.3 Å². The largest absolute Gasteiger partial charge is 0.493 e. The van der Waals surface area contributed by atoms with E-state index in [4.69, 9.17) is 29.5 Å². The van der Waals surface area contributed by atoms with Crippen molar-refractivity contribution in [2.24, 2.45) is 0 Å². The summed E-state index contributed by atoms with van der Waals surface area (Å²) in [6.07, 6.45) is 2.54. The monoisotopic (exact) mass is 461 g/mol. The van der Waals surface area contributed by atoms with Crippen molar-refractivity contribution < 1.29 is 9.47 Å². The average molecular weight is 462 g/mol. The molecule has 1 saturated heterocycles. The van der Waals surface area contributed by atoms with E-state index in [0.717, 1.165) is 49.6 Å². The third-order valence-electron chi connectivity index (χ3n) is 6.13. The quantitative estimate of drug-likeness (QED) is 0.417. The summed E-state index contributed by atoms with van der Waals surface area (Å²) in [5.74, 6) is 2.16. The number of benzene rings is 1. The first-order valence-electron chi connectivity index (χ1n) is 10.7. The minimum Gasteiger partial charge on any atom is -0.493 e. The summed E-state index contributed by atoms with van der Waals surface area (Å²) < 4.78 is 13.6. The van der Waals surface area contributed by atoms with E-state index in [2.05, 4.69) is 23.8 Å². The summed E-state index contributed by atoms with van der Waals surface area (Å²) in [4.78, 5) is 15.3. The number of rotatable bonds is 4. The Bertz CT molecular complexity index is 1530. The van der Waals surface area contributed by atoms with E-state index in [-0.39, 0.29) is 12.1 Å². The first kappa shape index (κ1) is 20.3. The van der Waals surface area contributed by atoms with E-state index in [9.17, 15) is 0 Å². The van der Waals surface area contributed by atoms with Crippen LogP contribution in [0.1, 0.15) is 41.1 Å². The number of aryl methyl sites for hydroxylation is 2. The number of hydrazine groups is 1. The van der Waals surface area contributed by atoms with Crippen LogP contribution in [-0.2, 0) is 0 Å². The van der Waals surface area contributed by atoms with Gasteiger partial charge in [0.2, 0.25) is 0 Å². The van der Waals surface area contributed by atoms with Crippen LogP contribution in [0.5, 0.6) is 11.5 Å². The van der Waals surface area contributed by atoms with E-state index in [0.29, 0.717) is 11.5 Å². The number of methoxy groups -OCH3 is 2. The van der Waals surface area contributed by atoms with E-state index in [1.165, 1.54) is 5.56 Å². The Morgan fingerprint density at radius 3 is 2.67 bits per heavy atom. The molecule has 2 N–H and O–H groups in total. The SMILES string of the molecule is COc1ccc(C2CC(c3nc4c5sc6nc(C)cc(C)c6c5ncn4n3)NN2)cc1OC. The molecule has 9 nitrogen and oxygen atoms in total. The Kier molecular flexibility index (Phi) is 4.68. The minimum absolute atomic E-state index is 0.0328. The lowest BCUT2D eigenvalue weighted by atomic mass is 10.0.